The zero-order valence-electron chi connectivity index (χ0n) is 17.3. The number of ether oxygens (including phenoxy) is 1. The average molecular weight is 495 g/mol. The SMILES string of the molecule is Cc1c(Cl)ccc2sc(N(CC3CCCO3)C(=O)CCCSc3ccc(Cl)cc3)nc12. The van der Waals surface area contributed by atoms with Gasteiger partial charge in [0.2, 0.25) is 5.91 Å². The van der Waals surface area contributed by atoms with E-state index in [1.165, 1.54) is 11.3 Å². The molecule has 4 nitrogen and oxygen atoms in total. The van der Waals surface area contributed by atoms with Crippen LogP contribution in [0.5, 0.6) is 0 Å². The van der Waals surface area contributed by atoms with Gasteiger partial charge in [-0.05, 0) is 73.9 Å². The van der Waals surface area contributed by atoms with E-state index >= 15 is 0 Å². The van der Waals surface area contributed by atoms with Crippen LogP contribution in [0.15, 0.2) is 41.3 Å². The molecule has 1 atom stereocenters. The first kappa shape index (κ1) is 22.9. The minimum Gasteiger partial charge on any atom is -0.376 e. The number of hydrogen-bond donors (Lipinski definition) is 0. The smallest absolute Gasteiger partial charge is 0.228 e. The summed E-state index contributed by atoms with van der Waals surface area (Å²) in [5.74, 6) is 0.963. The van der Waals surface area contributed by atoms with Gasteiger partial charge in [-0.2, -0.15) is 0 Å². The van der Waals surface area contributed by atoms with Crippen LogP contribution in [0.25, 0.3) is 10.2 Å². The molecule has 0 bridgehead atoms. The lowest BCUT2D eigenvalue weighted by Crippen LogP contribution is -2.37. The number of nitrogens with zero attached hydrogens (tertiary/aromatic N) is 2. The van der Waals surface area contributed by atoms with Crippen molar-refractivity contribution in [3.8, 4) is 0 Å². The number of aryl methyl sites for hydroxylation is 1. The van der Waals surface area contributed by atoms with Crippen molar-refractivity contribution >= 4 is 67.6 Å². The van der Waals surface area contributed by atoms with Crippen molar-refractivity contribution < 1.29 is 9.53 Å². The van der Waals surface area contributed by atoms with E-state index < -0.39 is 0 Å². The predicted octanol–water partition coefficient (Wildman–Crippen LogP) is 7.00. The summed E-state index contributed by atoms with van der Waals surface area (Å²) in [5, 5.41) is 2.16. The number of anilines is 1. The molecular weight excluding hydrogens is 471 g/mol. The van der Waals surface area contributed by atoms with Gasteiger partial charge in [-0.3, -0.25) is 9.69 Å². The first-order valence-electron chi connectivity index (χ1n) is 10.4. The minimum atomic E-state index is 0.0732. The van der Waals surface area contributed by atoms with E-state index in [4.69, 9.17) is 32.9 Å². The molecule has 1 amide bonds. The number of hydrogen-bond acceptors (Lipinski definition) is 5. The van der Waals surface area contributed by atoms with Crippen molar-refractivity contribution in [2.45, 2.75) is 43.6 Å². The maximum Gasteiger partial charge on any atom is 0.228 e. The van der Waals surface area contributed by atoms with Crippen LogP contribution in [0.2, 0.25) is 10.0 Å². The highest BCUT2D eigenvalue weighted by molar-refractivity contribution is 7.99. The Kier molecular flexibility index (Phi) is 7.77. The molecular formula is C23H24Cl2N2O2S2. The molecule has 1 saturated heterocycles. The molecule has 0 N–H and O–H groups in total. The third-order valence-electron chi connectivity index (χ3n) is 5.30. The highest BCUT2D eigenvalue weighted by Crippen LogP contribution is 2.34. The number of amides is 1. The molecule has 1 unspecified atom stereocenters. The maximum absolute atomic E-state index is 13.2. The van der Waals surface area contributed by atoms with Crippen LogP contribution in [0.1, 0.15) is 31.2 Å². The van der Waals surface area contributed by atoms with E-state index in [9.17, 15) is 4.79 Å². The summed E-state index contributed by atoms with van der Waals surface area (Å²) >= 11 is 15.5. The van der Waals surface area contributed by atoms with E-state index in [2.05, 4.69) is 0 Å². The molecule has 1 aliphatic heterocycles. The van der Waals surface area contributed by atoms with Crippen molar-refractivity contribution in [2.75, 3.05) is 23.8 Å². The minimum absolute atomic E-state index is 0.0732. The Morgan fingerprint density at radius 2 is 2.06 bits per heavy atom. The average Bonchev–Trinajstić information content (AvgIpc) is 3.43. The molecule has 3 aromatic rings. The van der Waals surface area contributed by atoms with Gasteiger partial charge in [0.15, 0.2) is 5.13 Å². The summed E-state index contributed by atoms with van der Waals surface area (Å²) in [6.45, 7) is 3.28. The topological polar surface area (TPSA) is 42.4 Å². The quantitative estimate of drug-likeness (QED) is 0.249. The van der Waals surface area contributed by atoms with E-state index in [1.807, 2.05) is 48.2 Å². The Balaban J connectivity index is 1.44. The summed E-state index contributed by atoms with van der Waals surface area (Å²) in [7, 11) is 0. The van der Waals surface area contributed by atoms with Crippen LogP contribution in [0, 0.1) is 6.92 Å². The lowest BCUT2D eigenvalue weighted by molar-refractivity contribution is -0.119. The Labute approximate surface area is 200 Å². The van der Waals surface area contributed by atoms with Crippen LogP contribution < -0.4 is 4.90 Å². The molecule has 4 rings (SSSR count). The fourth-order valence-corrected chi connectivity index (χ4v) is 5.75. The number of carbonyl (C=O) groups excluding carboxylic acids is 1. The van der Waals surface area contributed by atoms with E-state index in [-0.39, 0.29) is 12.0 Å². The molecule has 0 saturated carbocycles. The summed E-state index contributed by atoms with van der Waals surface area (Å²) in [6, 6.07) is 11.7. The largest absolute Gasteiger partial charge is 0.376 e. The van der Waals surface area contributed by atoms with Crippen LogP contribution in [-0.2, 0) is 9.53 Å². The number of thioether (sulfide) groups is 1. The fourth-order valence-electron chi connectivity index (χ4n) is 3.56. The lowest BCUT2D eigenvalue weighted by atomic mass is 10.2. The van der Waals surface area contributed by atoms with E-state index in [0.29, 0.717) is 18.0 Å². The monoisotopic (exact) mass is 494 g/mol. The maximum atomic E-state index is 13.2. The lowest BCUT2D eigenvalue weighted by Gasteiger charge is -2.23. The van der Waals surface area contributed by atoms with Gasteiger partial charge in [-0.15, -0.1) is 11.8 Å². The Hall–Kier alpha value is -1.31. The fraction of sp³-hybridized carbons (Fsp3) is 0.391. The highest BCUT2D eigenvalue weighted by Gasteiger charge is 2.26. The van der Waals surface area contributed by atoms with Gasteiger partial charge in [0.25, 0.3) is 0 Å². The number of carbonyl (C=O) groups is 1. The van der Waals surface area contributed by atoms with E-state index in [0.717, 1.165) is 62.5 Å². The predicted molar refractivity (Wildman–Crippen MR) is 132 cm³/mol. The Bertz CT molecular complexity index is 1050. The summed E-state index contributed by atoms with van der Waals surface area (Å²) < 4.78 is 6.85. The number of rotatable bonds is 8. The number of thiazole rings is 1. The van der Waals surface area contributed by atoms with Crippen LogP contribution in [0.4, 0.5) is 5.13 Å². The second-order valence-corrected chi connectivity index (χ2v) is 10.6. The molecule has 0 spiro atoms. The molecule has 164 valence electrons. The molecule has 8 heteroatoms. The standard InChI is InChI=1S/C23H24Cl2N2O2S2/c1-15-19(25)10-11-20-22(15)26-23(31-20)27(14-17-4-2-12-29-17)21(28)5-3-13-30-18-8-6-16(24)7-9-18/h6-11,17H,2-5,12-14H2,1H3. The molecule has 0 aliphatic carbocycles. The van der Waals surface area contributed by atoms with Gasteiger partial charge in [0, 0.05) is 28.0 Å². The van der Waals surface area contributed by atoms with Gasteiger partial charge in [-0.25, -0.2) is 4.98 Å². The third-order valence-corrected chi connectivity index (χ3v) is 8.10. The van der Waals surface area contributed by atoms with Crippen molar-refractivity contribution in [3.05, 3.63) is 52.0 Å². The number of benzene rings is 2. The van der Waals surface area contributed by atoms with Crippen LogP contribution >= 0.6 is 46.3 Å². The molecule has 1 fully saturated rings. The summed E-state index contributed by atoms with van der Waals surface area (Å²) in [5.41, 5.74) is 1.82. The number of fused-ring (bicyclic) bond motifs is 1. The van der Waals surface area contributed by atoms with Crippen LogP contribution in [-0.4, -0.2) is 35.9 Å². The Morgan fingerprint density at radius 1 is 1.26 bits per heavy atom. The molecule has 31 heavy (non-hydrogen) atoms. The van der Waals surface area contributed by atoms with Gasteiger partial charge in [-0.1, -0.05) is 34.5 Å². The molecule has 2 heterocycles. The van der Waals surface area contributed by atoms with Crippen molar-refractivity contribution in [3.63, 3.8) is 0 Å². The molecule has 2 aromatic carbocycles. The Morgan fingerprint density at radius 3 is 2.81 bits per heavy atom. The first-order chi connectivity index (χ1) is 15.0. The number of halogens is 2. The zero-order chi connectivity index (χ0) is 21.8. The third kappa shape index (κ3) is 5.74. The zero-order valence-corrected chi connectivity index (χ0v) is 20.4. The van der Waals surface area contributed by atoms with Crippen molar-refractivity contribution in [2.24, 2.45) is 0 Å². The summed E-state index contributed by atoms with van der Waals surface area (Å²) in [4.78, 5) is 21.0. The van der Waals surface area contributed by atoms with Gasteiger partial charge in [0.1, 0.15) is 0 Å². The van der Waals surface area contributed by atoms with E-state index in [1.54, 1.807) is 11.8 Å². The van der Waals surface area contributed by atoms with Gasteiger partial charge in [0.05, 0.1) is 22.9 Å². The van der Waals surface area contributed by atoms with Gasteiger partial charge < -0.3 is 4.74 Å². The van der Waals surface area contributed by atoms with Crippen molar-refractivity contribution in [1.29, 1.82) is 0 Å². The van der Waals surface area contributed by atoms with Gasteiger partial charge >= 0.3 is 0 Å². The molecule has 1 aliphatic rings. The first-order valence-corrected chi connectivity index (χ1v) is 12.9. The second-order valence-electron chi connectivity index (χ2n) is 7.56. The van der Waals surface area contributed by atoms with Crippen molar-refractivity contribution in [1.82, 2.24) is 4.98 Å². The second kappa shape index (κ2) is 10.5. The summed E-state index contributed by atoms with van der Waals surface area (Å²) in [6.07, 6.45) is 3.36. The highest BCUT2D eigenvalue weighted by atomic mass is 35.5. The number of aromatic nitrogens is 1. The molecule has 0 radical (unpaired) electrons. The van der Waals surface area contributed by atoms with Crippen LogP contribution in [0.3, 0.4) is 0 Å². The molecule has 1 aromatic heterocycles. The normalized spacial score (nSPS) is 16.2.